The Morgan fingerprint density at radius 1 is 0.744 bits per heavy atom. The molecule has 3 N–H and O–H groups in total. The number of fused-ring (bicyclic) bond motifs is 1. The van der Waals surface area contributed by atoms with E-state index in [0.717, 1.165) is 28.2 Å². The lowest BCUT2D eigenvalue weighted by Crippen LogP contribution is -2.27. The van der Waals surface area contributed by atoms with Crippen molar-refractivity contribution in [2.75, 3.05) is 46.2 Å². The average molecular weight is 533 g/mol. The number of Topliss-reactive ketones (excluding diaryl/α,β-unsaturated/α-hetero) is 1. The zero-order valence-corrected chi connectivity index (χ0v) is 22.6. The van der Waals surface area contributed by atoms with Gasteiger partial charge in [-0.2, -0.15) is 0 Å². The summed E-state index contributed by atoms with van der Waals surface area (Å²) in [6.45, 7) is 0. The number of phenols is 1. The van der Waals surface area contributed by atoms with E-state index in [1.165, 1.54) is 14.2 Å². The predicted molar refractivity (Wildman–Crippen MR) is 148 cm³/mol. The molecule has 0 amide bonds. The van der Waals surface area contributed by atoms with E-state index < -0.39 is 6.04 Å². The summed E-state index contributed by atoms with van der Waals surface area (Å²) in [6.07, 6.45) is 0.874. The fourth-order valence-corrected chi connectivity index (χ4v) is 5.40. The van der Waals surface area contributed by atoms with E-state index in [1.54, 1.807) is 33.5 Å². The molecule has 0 aromatic heterocycles. The van der Waals surface area contributed by atoms with Gasteiger partial charge in [-0.25, -0.2) is 0 Å². The van der Waals surface area contributed by atoms with Gasteiger partial charge in [0.1, 0.15) is 0 Å². The third-order valence-corrected chi connectivity index (χ3v) is 7.30. The van der Waals surface area contributed by atoms with Gasteiger partial charge < -0.3 is 39.4 Å². The number of benzene rings is 3. The monoisotopic (exact) mass is 532 g/mol. The van der Waals surface area contributed by atoms with E-state index in [1.807, 2.05) is 36.4 Å². The van der Waals surface area contributed by atoms with Crippen molar-refractivity contribution in [1.82, 2.24) is 0 Å². The fourth-order valence-electron chi connectivity index (χ4n) is 5.40. The van der Waals surface area contributed by atoms with Crippen molar-refractivity contribution >= 4 is 17.2 Å². The number of hydrogen-bond donors (Lipinski definition) is 3. The van der Waals surface area contributed by atoms with Crippen molar-refractivity contribution in [3.63, 3.8) is 0 Å². The number of carbonyl (C=O) groups is 1. The summed E-state index contributed by atoms with van der Waals surface area (Å²) in [4.78, 5) is 14.0. The molecule has 1 heterocycles. The van der Waals surface area contributed by atoms with E-state index in [0.29, 0.717) is 35.7 Å². The zero-order chi connectivity index (χ0) is 27.7. The van der Waals surface area contributed by atoms with Crippen molar-refractivity contribution in [2.24, 2.45) is 0 Å². The number of para-hydroxylation sites is 2. The Bertz CT molecular complexity index is 1400. The Labute approximate surface area is 227 Å². The molecule has 5 rings (SSSR count). The number of carbonyl (C=O) groups excluding carboxylic acids is 1. The number of allylic oxidation sites excluding steroid dienone is 1. The average Bonchev–Trinajstić information content (AvgIpc) is 3.13. The smallest absolute Gasteiger partial charge is 0.203 e. The van der Waals surface area contributed by atoms with Crippen molar-refractivity contribution in [3.05, 3.63) is 70.9 Å². The number of ketones is 1. The van der Waals surface area contributed by atoms with Gasteiger partial charge in [-0.15, -0.1) is 0 Å². The van der Waals surface area contributed by atoms with Crippen LogP contribution in [-0.4, -0.2) is 46.4 Å². The highest BCUT2D eigenvalue weighted by Crippen LogP contribution is 2.48. The van der Waals surface area contributed by atoms with Crippen LogP contribution in [0, 0.1) is 0 Å². The number of ether oxygens (including phenoxy) is 5. The molecule has 1 aliphatic heterocycles. The van der Waals surface area contributed by atoms with Gasteiger partial charge in [0, 0.05) is 17.7 Å². The van der Waals surface area contributed by atoms with Gasteiger partial charge in [-0.3, -0.25) is 4.79 Å². The molecule has 9 nitrogen and oxygen atoms in total. The van der Waals surface area contributed by atoms with Gasteiger partial charge >= 0.3 is 0 Å². The first-order valence-electron chi connectivity index (χ1n) is 12.6. The molecule has 0 spiro atoms. The number of anilines is 2. The van der Waals surface area contributed by atoms with Gasteiger partial charge in [-0.1, -0.05) is 12.1 Å². The highest BCUT2D eigenvalue weighted by molar-refractivity contribution is 6.01. The minimum absolute atomic E-state index is 0.00110. The Morgan fingerprint density at radius 3 is 1.87 bits per heavy atom. The van der Waals surface area contributed by atoms with E-state index in [-0.39, 0.29) is 28.9 Å². The largest absolute Gasteiger partial charge is 0.502 e. The number of nitrogens with one attached hydrogen (secondary N) is 2. The second-order valence-corrected chi connectivity index (χ2v) is 9.40. The van der Waals surface area contributed by atoms with Crippen LogP contribution in [0.2, 0.25) is 0 Å². The second-order valence-electron chi connectivity index (χ2n) is 9.40. The van der Waals surface area contributed by atoms with Crippen LogP contribution in [0.4, 0.5) is 11.4 Å². The van der Waals surface area contributed by atoms with E-state index >= 15 is 0 Å². The van der Waals surface area contributed by atoms with E-state index in [9.17, 15) is 9.90 Å². The van der Waals surface area contributed by atoms with E-state index in [2.05, 4.69) is 10.6 Å². The lowest BCUT2D eigenvalue weighted by atomic mass is 9.78. The minimum atomic E-state index is -0.507. The van der Waals surface area contributed by atoms with Crippen molar-refractivity contribution < 1.29 is 33.6 Å². The van der Waals surface area contributed by atoms with Gasteiger partial charge in [-0.05, 0) is 59.9 Å². The molecule has 2 atom stereocenters. The highest BCUT2D eigenvalue weighted by atomic mass is 16.5. The molecule has 204 valence electrons. The van der Waals surface area contributed by atoms with Crippen LogP contribution < -0.4 is 34.3 Å². The van der Waals surface area contributed by atoms with Crippen LogP contribution in [-0.2, 0) is 4.79 Å². The van der Waals surface area contributed by atoms with Crippen LogP contribution in [0.5, 0.6) is 34.5 Å². The van der Waals surface area contributed by atoms with Crippen LogP contribution in [0.1, 0.15) is 35.9 Å². The third-order valence-electron chi connectivity index (χ3n) is 7.30. The summed E-state index contributed by atoms with van der Waals surface area (Å²) in [5.74, 6) is 1.90. The van der Waals surface area contributed by atoms with Gasteiger partial charge in [0.2, 0.25) is 11.5 Å². The number of phenolic OH excluding ortho intramolecular Hbond substituents is 1. The molecule has 39 heavy (non-hydrogen) atoms. The fraction of sp³-hybridized carbons (Fsp3) is 0.300. The Hall–Kier alpha value is -4.53. The van der Waals surface area contributed by atoms with Gasteiger partial charge in [0.05, 0.1) is 53.0 Å². The van der Waals surface area contributed by atoms with Crippen molar-refractivity contribution in [2.45, 2.75) is 24.8 Å². The maximum Gasteiger partial charge on any atom is 0.203 e. The molecule has 0 radical (unpaired) electrons. The summed E-state index contributed by atoms with van der Waals surface area (Å²) >= 11 is 0. The molecule has 0 bridgehead atoms. The zero-order valence-electron chi connectivity index (χ0n) is 22.6. The topological polar surface area (TPSA) is 108 Å². The summed E-state index contributed by atoms with van der Waals surface area (Å²) in [5, 5.41) is 17.6. The summed E-state index contributed by atoms with van der Waals surface area (Å²) in [7, 11) is 7.68. The van der Waals surface area contributed by atoms with Gasteiger partial charge in [0.25, 0.3) is 0 Å². The standard InChI is InChI=1S/C30H32N2O7/c1-35-23-14-18(15-24(36-2)29(23)34)28-27-21(31-19-8-6-7-9-20(19)32-28)10-16(11-22(27)33)17-12-25(37-3)30(39-5)26(13-17)38-4/h6-9,12-16,28,31-32,34H,10-11H2,1-5H3. The maximum atomic E-state index is 14.0. The molecule has 0 saturated heterocycles. The quantitative estimate of drug-likeness (QED) is 0.368. The number of hydrogen-bond acceptors (Lipinski definition) is 9. The Balaban J connectivity index is 1.63. The molecule has 3 aromatic rings. The van der Waals surface area contributed by atoms with Crippen LogP contribution in [0.25, 0.3) is 0 Å². The Morgan fingerprint density at radius 2 is 1.31 bits per heavy atom. The SMILES string of the molecule is COc1cc(C2Nc3ccccc3NC3=C2C(=O)CC(c2cc(OC)c(OC)c(OC)c2)C3)cc(OC)c1O. The molecular weight excluding hydrogens is 500 g/mol. The molecule has 3 aromatic carbocycles. The minimum Gasteiger partial charge on any atom is -0.502 e. The lowest BCUT2D eigenvalue weighted by molar-refractivity contribution is -0.116. The molecule has 0 saturated carbocycles. The molecule has 9 heteroatoms. The number of methoxy groups -OCH3 is 5. The van der Waals surface area contributed by atoms with Crippen LogP contribution >= 0.6 is 0 Å². The second kappa shape index (κ2) is 10.7. The Kier molecular flexibility index (Phi) is 7.15. The summed E-state index contributed by atoms with van der Waals surface area (Å²) < 4.78 is 27.4. The van der Waals surface area contributed by atoms with Gasteiger partial charge in [0.15, 0.2) is 28.8 Å². The first-order chi connectivity index (χ1) is 18.9. The van der Waals surface area contributed by atoms with Crippen LogP contribution in [0.3, 0.4) is 0 Å². The van der Waals surface area contributed by atoms with E-state index in [4.69, 9.17) is 23.7 Å². The third kappa shape index (κ3) is 4.65. The molecule has 2 unspecified atom stereocenters. The highest BCUT2D eigenvalue weighted by Gasteiger charge is 2.37. The van der Waals surface area contributed by atoms with Crippen molar-refractivity contribution in [1.29, 1.82) is 0 Å². The summed E-state index contributed by atoms with van der Waals surface area (Å²) in [6, 6.07) is 14.6. The van der Waals surface area contributed by atoms with Crippen molar-refractivity contribution in [3.8, 4) is 34.5 Å². The van der Waals surface area contributed by atoms with Crippen LogP contribution in [0.15, 0.2) is 59.8 Å². The first-order valence-corrected chi connectivity index (χ1v) is 12.6. The molecular formula is C30H32N2O7. The maximum absolute atomic E-state index is 14.0. The lowest BCUT2D eigenvalue weighted by Gasteiger charge is -2.30. The molecule has 2 aliphatic rings. The molecule has 1 aliphatic carbocycles. The molecule has 0 fully saturated rings. The summed E-state index contributed by atoms with van der Waals surface area (Å²) in [5.41, 5.74) is 4.81. The number of aromatic hydroxyl groups is 1. The predicted octanol–water partition coefficient (Wildman–Crippen LogP) is 5.41. The number of rotatable bonds is 7. The normalized spacial score (nSPS) is 18.1. The first kappa shape index (κ1) is 26.1.